The zero-order valence-corrected chi connectivity index (χ0v) is 19.2. The molecule has 1 fully saturated rings. The van der Waals surface area contributed by atoms with Crippen LogP contribution in [0.25, 0.3) is 17.3 Å². The van der Waals surface area contributed by atoms with Gasteiger partial charge in [0.25, 0.3) is 11.5 Å². The van der Waals surface area contributed by atoms with Gasteiger partial charge in [0.2, 0.25) is 0 Å². The minimum absolute atomic E-state index is 0.0329. The molecule has 0 N–H and O–H groups in total. The van der Waals surface area contributed by atoms with Crippen LogP contribution < -0.4 is 14.8 Å². The molecule has 0 bridgehead atoms. The van der Waals surface area contributed by atoms with Crippen LogP contribution in [0.5, 0.6) is 0 Å². The number of aryl methyl sites for hydroxylation is 2. The molecule has 0 atom stereocenters. The number of nitrogens with zero attached hydrogens (tertiary/aromatic N) is 3. The van der Waals surface area contributed by atoms with Crippen molar-refractivity contribution < 1.29 is 4.79 Å². The summed E-state index contributed by atoms with van der Waals surface area (Å²) in [5.74, 6) is -0.293. The van der Waals surface area contributed by atoms with Crippen LogP contribution in [0.15, 0.2) is 41.2 Å². The molecular formula is C24H23N3O2S2. The quantitative estimate of drug-likeness (QED) is 0.615. The van der Waals surface area contributed by atoms with E-state index in [-0.39, 0.29) is 17.0 Å². The first-order chi connectivity index (χ1) is 15.0. The Bertz CT molecular complexity index is 1330. The van der Waals surface area contributed by atoms with Gasteiger partial charge in [0.15, 0.2) is 5.57 Å². The number of hydrogen-bond donors (Lipinski definition) is 0. The van der Waals surface area contributed by atoms with E-state index in [1.165, 1.54) is 15.9 Å². The molecule has 7 heteroatoms. The van der Waals surface area contributed by atoms with E-state index in [1.54, 1.807) is 16.2 Å². The molecule has 0 saturated carbocycles. The molecule has 1 aliphatic heterocycles. The lowest BCUT2D eigenvalue weighted by atomic mass is 10.1. The van der Waals surface area contributed by atoms with Gasteiger partial charge in [-0.15, -0.1) is 22.7 Å². The summed E-state index contributed by atoms with van der Waals surface area (Å²) in [6, 6.07) is 13.8. The Morgan fingerprint density at radius 3 is 2.42 bits per heavy atom. The molecule has 0 radical (unpaired) electrons. The normalized spacial score (nSPS) is 15.3. The first-order valence-electron chi connectivity index (χ1n) is 10.3. The zero-order valence-electron chi connectivity index (χ0n) is 17.6. The summed E-state index contributed by atoms with van der Waals surface area (Å²) in [6.07, 6.45) is 4.62. The SMILES string of the molecule is CCc1ccc(-n2c(=O)/c(=C\c3ccc(C)s3)s/c2=C(/C#N)C(=O)N2CCCC2)cc1. The number of aromatic nitrogens is 1. The van der Waals surface area contributed by atoms with Gasteiger partial charge in [0.05, 0.1) is 10.2 Å². The van der Waals surface area contributed by atoms with Crippen LogP contribution in [-0.2, 0) is 11.2 Å². The molecule has 3 heterocycles. The molecule has 1 saturated heterocycles. The third kappa shape index (κ3) is 4.27. The highest BCUT2D eigenvalue weighted by Crippen LogP contribution is 2.16. The van der Waals surface area contributed by atoms with Crippen molar-refractivity contribution in [3.8, 4) is 11.8 Å². The second-order valence-electron chi connectivity index (χ2n) is 7.51. The topological polar surface area (TPSA) is 66.1 Å². The number of hydrogen-bond acceptors (Lipinski definition) is 5. The number of benzene rings is 1. The number of thiazole rings is 1. The van der Waals surface area contributed by atoms with Crippen molar-refractivity contribution in [2.75, 3.05) is 13.1 Å². The van der Waals surface area contributed by atoms with Crippen LogP contribution in [0.1, 0.15) is 35.1 Å². The van der Waals surface area contributed by atoms with Gasteiger partial charge in [-0.25, -0.2) is 0 Å². The van der Waals surface area contributed by atoms with Gasteiger partial charge >= 0.3 is 0 Å². The van der Waals surface area contributed by atoms with E-state index < -0.39 is 0 Å². The van der Waals surface area contributed by atoms with Crippen molar-refractivity contribution in [2.45, 2.75) is 33.1 Å². The van der Waals surface area contributed by atoms with Crippen LogP contribution in [0.3, 0.4) is 0 Å². The van der Waals surface area contributed by atoms with Crippen molar-refractivity contribution in [2.24, 2.45) is 0 Å². The van der Waals surface area contributed by atoms with Crippen molar-refractivity contribution in [3.63, 3.8) is 0 Å². The number of rotatable bonds is 4. The molecule has 158 valence electrons. The molecule has 4 rings (SSSR count). The molecule has 0 aliphatic carbocycles. The number of likely N-dealkylation sites (tertiary alicyclic amines) is 1. The van der Waals surface area contributed by atoms with Crippen molar-refractivity contribution in [3.05, 3.63) is 71.3 Å². The fourth-order valence-corrected chi connectivity index (χ4v) is 5.67. The van der Waals surface area contributed by atoms with Gasteiger partial charge < -0.3 is 4.90 Å². The fourth-order valence-electron chi connectivity index (χ4n) is 3.69. The van der Waals surface area contributed by atoms with Crippen molar-refractivity contribution >= 4 is 40.2 Å². The predicted molar refractivity (Wildman–Crippen MR) is 126 cm³/mol. The highest BCUT2D eigenvalue weighted by atomic mass is 32.1. The van der Waals surface area contributed by atoms with Gasteiger partial charge in [0, 0.05) is 22.8 Å². The minimum Gasteiger partial charge on any atom is -0.338 e. The molecule has 0 unspecified atom stereocenters. The predicted octanol–water partition coefficient (Wildman–Crippen LogP) is 2.96. The summed E-state index contributed by atoms with van der Waals surface area (Å²) in [5, 5.41) is 9.91. The average molecular weight is 450 g/mol. The first-order valence-corrected chi connectivity index (χ1v) is 12.0. The van der Waals surface area contributed by atoms with Crippen molar-refractivity contribution in [1.29, 1.82) is 5.26 Å². The zero-order chi connectivity index (χ0) is 22.0. The number of amides is 1. The van der Waals surface area contributed by atoms with Gasteiger partial charge in [-0.1, -0.05) is 19.1 Å². The fraction of sp³-hybridized carbons (Fsp3) is 0.292. The summed E-state index contributed by atoms with van der Waals surface area (Å²) < 4.78 is 2.43. The smallest absolute Gasteiger partial charge is 0.273 e. The third-order valence-corrected chi connectivity index (χ3v) is 7.43. The Labute approximate surface area is 188 Å². The number of thiophene rings is 1. The van der Waals surface area contributed by atoms with Crippen LogP contribution in [0.2, 0.25) is 0 Å². The maximum absolute atomic E-state index is 13.4. The molecule has 3 aromatic rings. The minimum atomic E-state index is -0.293. The number of carbonyl (C=O) groups excluding carboxylic acids is 1. The Morgan fingerprint density at radius 2 is 1.84 bits per heavy atom. The summed E-state index contributed by atoms with van der Waals surface area (Å²) in [5.41, 5.74) is 1.65. The van der Waals surface area contributed by atoms with E-state index in [4.69, 9.17) is 0 Å². The van der Waals surface area contributed by atoms with Gasteiger partial charge in [-0.3, -0.25) is 14.2 Å². The molecule has 5 nitrogen and oxygen atoms in total. The highest BCUT2D eigenvalue weighted by molar-refractivity contribution is 7.13. The van der Waals surface area contributed by atoms with E-state index in [0.29, 0.717) is 28.0 Å². The monoisotopic (exact) mass is 449 g/mol. The van der Waals surface area contributed by atoms with Crippen LogP contribution in [0.4, 0.5) is 0 Å². The highest BCUT2D eigenvalue weighted by Gasteiger charge is 2.24. The number of nitriles is 1. The summed E-state index contributed by atoms with van der Waals surface area (Å²) in [6.45, 7) is 5.39. The Balaban J connectivity index is 1.99. The van der Waals surface area contributed by atoms with Crippen LogP contribution in [0, 0.1) is 18.3 Å². The summed E-state index contributed by atoms with van der Waals surface area (Å²) >= 11 is 2.81. The van der Waals surface area contributed by atoms with Gasteiger partial charge in [0.1, 0.15) is 10.7 Å². The van der Waals surface area contributed by atoms with Crippen LogP contribution >= 0.6 is 22.7 Å². The van der Waals surface area contributed by atoms with E-state index in [2.05, 4.69) is 13.0 Å². The number of carbonyl (C=O) groups is 1. The van der Waals surface area contributed by atoms with E-state index in [0.717, 1.165) is 34.6 Å². The molecule has 2 aromatic heterocycles. The molecule has 0 spiro atoms. The molecule has 1 amide bonds. The van der Waals surface area contributed by atoms with Crippen molar-refractivity contribution in [1.82, 2.24) is 9.47 Å². The maximum Gasteiger partial charge on any atom is 0.273 e. The Morgan fingerprint density at radius 1 is 1.13 bits per heavy atom. The Hall–Kier alpha value is -2.95. The van der Waals surface area contributed by atoms with Gasteiger partial charge in [-0.2, -0.15) is 5.26 Å². The lowest BCUT2D eigenvalue weighted by molar-refractivity contribution is -0.123. The molecule has 1 aliphatic rings. The molecular weight excluding hydrogens is 426 g/mol. The van der Waals surface area contributed by atoms with E-state index in [9.17, 15) is 14.9 Å². The second kappa shape index (κ2) is 9.04. The van der Waals surface area contributed by atoms with Gasteiger partial charge in [-0.05, 0) is 62.1 Å². The first kappa shape index (κ1) is 21.3. The standard InChI is InChI=1S/C24H23N3O2S2/c1-3-17-7-9-18(10-8-17)27-23(29)21(14-19-11-6-16(2)30-19)31-24(27)20(15-25)22(28)26-12-4-5-13-26/h6-11,14H,3-5,12-13H2,1-2H3/b21-14+,24-20-. The molecule has 31 heavy (non-hydrogen) atoms. The average Bonchev–Trinajstić information content (AvgIpc) is 3.51. The Kier molecular flexibility index (Phi) is 6.21. The third-order valence-electron chi connectivity index (χ3n) is 5.39. The largest absolute Gasteiger partial charge is 0.338 e. The second-order valence-corrected chi connectivity index (χ2v) is 9.86. The van der Waals surface area contributed by atoms with Crippen LogP contribution in [-0.4, -0.2) is 28.5 Å². The summed E-state index contributed by atoms with van der Waals surface area (Å²) in [7, 11) is 0. The maximum atomic E-state index is 13.4. The lowest BCUT2D eigenvalue weighted by Gasteiger charge is -2.14. The summed E-state index contributed by atoms with van der Waals surface area (Å²) in [4.78, 5) is 30.4. The lowest BCUT2D eigenvalue weighted by Crippen LogP contribution is -2.35. The van der Waals surface area contributed by atoms with E-state index in [1.807, 2.05) is 49.4 Å². The van der Waals surface area contributed by atoms with E-state index >= 15 is 0 Å². The molecule has 1 aromatic carbocycles.